The second-order valence-electron chi connectivity index (χ2n) is 6.81. The molecule has 19 heavy (non-hydrogen) atoms. The van der Waals surface area contributed by atoms with Crippen LogP contribution in [0.3, 0.4) is 0 Å². The molecule has 1 N–H and O–H groups in total. The van der Waals surface area contributed by atoms with Gasteiger partial charge in [0.05, 0.1) is 24.4 Å². The Hall–Kier alpha value is -0.650. The molecule has 0 aromatic rings. The largest absolute Gasteiger partial charge is 0.468 e. The lowest BCUT2D eigenvalue weighted by Crippen LogP contribution is -2.51. The second kappa shape index (κ2) is 4.72. The van der Waals surface area contributed by atoms with Gasteiger partial charge in [-0.05, 0) is 34.1 Å². The first-order valence-electron chi connectivity index (χ1n) is 6.88. The number of carbonyl (C=O) groups excluding carboxylic acids is 1. The van der Waals surface area contributed by atoms with E-state index in [4.69, 9.17) is 9.47 Å². The first kappa shape index (κ1) is 14.8. The summed E-state index contributed by atoms with van der Waals surface area (Å²) in [7, 11) is 1.39. The quantitative estimate of drug-likeness (QED) is 0.758. The first-order chi connectivity index (χ1) is 8.66. The third-order valence-corrected chi connectivity index (χ3v) is 4.22. The Kier molecular flexibility index (Phi) is 3.66. The number of nitrogens with zero attached hydrogens (tertiary/aromatic N) is 1. The SMILES string of the molecule is COC(=O)C1CC(O)CN1C1CC(C)(C)OC1(C)C. The van der Waals surface area contributed by atoms with Gasteiger partial charge < -0.3 is 14.6 Å². The lowest BCUT2D eigenvalue weighted by molar-refractivity contribution is -0.148. The summed E-state index contributed by atoms with van der Waals surface area (Å²) in [4.78, 5) is 13.9. The molecule has 3 unspecified atom stereocenters. The molecule has 0 bridgehead atoms. The molecule has 2 rings (SSSR count). The average molecular weight is 271 g/mol. The van der Waals surface area contributed by atoms with E-state index in [1.807, 2.05) is 13.8 Å². The zero-order valence-corrected chi connectivity index (χ0v) is 12.5. The molecule has 0 amide bonds. The number of aliphatic hydroxyl groups excluding tert-OH is 1. The second-order valence-corrected chi connectivity index (χ2v) is 6.81. The van der Waals surface area contributed by atoms with E-state index >= 15 is 0 Å². The maximum absolute atomic E-state index is 11.9. The Bertz CT molecular complexity index is 366. The number of ether oxygens (including phenoxy) is 2. The van der Waals surface area contributed by atoms with Crippen molar-refractivity contribution in [3.05, 3.63) is 0 Å². The van der Waals surface area contributed by atoms with Gasteiger partial charge in [-0.25, -0.2) is 0 Å². The van der Waals surface area contributed by atoms with Crippen LogP contribution in [0, 0.1) is 0 Å². The van der Waals surface area contributed by atoms with Gasteiger partial charge in [0.1, 0.15) is 6.04 Å². The molecule has 0 aromatic heterocycles. The van der Waals surface area contributed by atoms with E-state index in [1.165, 1.54) is 7.11 Å². The molecule has 0 radical (unpaired) electrons. The predicted molar refractivity (Wildman–Crippen MR) is 70.8 cm³/mol. The van der Waals surface area contributed by atoms with Gasteiger partial charge in [-0.2, -0.15) is 0 Å². The highest BCUT2D eigenvalue weighted by molar-refractivity contribution is 5.76. The van der Waals surface area contributed by atoms with Crippen molar-refractivity contribution < 1.29 is 19.4 Å². The fraction of sp³-hybridized carbons (Fsp3) is 0.929. The highest BCUT2D eigenvalue weighted by Crippen LogP contribution is 2.42. The number of esters is 1. The minimum atomic E-state index is -0.469. The summed E-state index contributed by atoms with van der Waals surface area (Å²) in [5, 5.41) is 9.88. The maximum atomic E-state index is 11.9. The summed E-state index contributed by atoms with van der Waals surface area (Å²) >= 11 is 0. The molecule has 2 aliphatic rings. The maximum Gasteiger partial charge on any atom is 0.323 e. The average Bonchev–Trinajstić information content (AvgIpc) is 2.74. The van der Waals surface area contributed by atoms with Crippen molar-refractivity contribution in [3.8, 4) is 0 Å². The summed E-state index contributed by atoms with van der Waals surface area (Å²) in [6.45, 7) is 8.73. The highest BCUT2D eigenvalue weighted by atomic mass is 16.5. The molecule has 110 valence electrons. The van der Waals surface area contributed by atoms with Gasteiger partial charge in [0.25, 0.3) is 0 Å². The Morgan fingerprint density at radius 2 is 2.00 bits per heavy atom. The number of aliphatic hydroxyl groups is 1. The van der Waals surface area contributed by atoms with Crippen LogP contribution in [-0.4, -0.2) is 59.0 Å². The van der Waals surface area contributed by atoms with Crippen LogP contribution in [0.2, 0.25) is 0 Å². The molecule has 5 heteroatoms. The van der Waals surface area contributed by atoms with Crippen molar-refractivity contribution in [2.75, 3.05) is 13.7 Å². The number of carbonyl (C=O) groups is 1. The lowest BCUT2D eigenvalue weighted by atomic mass is 9.92. The van der Waals surface area contributed by atoms with E-state index in [2.05, 4.69) is 18.7 Å². The van der Waals surface area contributed by atoms with Crippen LogP contribution >= 0.6 is 0 Å². The minimum Gasteiger partial charge on any atom is -0.468 e. The molecule has 0 saturated carbocycles. The van der Waals surface area contributed by atoms with Crippen molar-refractivity contribution in [1.82, 2.24) is 4.90 Å². The summed E-state index contributed by atoms with van der Waals surface area (Å²) in [5.41, 5.74) is -0.539. The van der Waals surface area contributed by atoms with E-state index in [-0.39, 0.29) is 29.3 Å². The molecular formula is C14H25NO4. The Morgan fingerprint density at radius 1 is 1.37 bits per heavy atom. The molecule has 3 atom stereocenters. The van der Waals surface area contributed by atoms with Crippen molar-refractivity contribution in [1.29, 1.82) is 0 Å². The van der Waals surface area contributed by atoms with Gasteiger partial charge >= 0.3 is 5.97 Å². The highest BCUT2D eigenvalue weighted by Gasteiger charge is 2.53. The van der Waals surface area contributed by atoms with Crippen LogP contribution in [0.5, 0.6) is 0 Å². The molecule has 5 nitrogen and oxygen atoms in total. The van der Waals surface area contributed by atoms with E-state index in [9.17, 15) is 9.90 Å². The summed E-state index contributed by atoms with van der Waals surface area (Å²) in [6, 6.07) is -0.245. The molecule has 2 aliphatic heterocycles. The zero-order valence-electron chi connectivity index (χ0n) is 12.5. The standard InChI is InChI=1S/C14H25NO4/c1-13(2)7-11(14(3,4)19-13)15-8-9(16)6-10(15)12(17)18-5/h9-11,16H,6-8H2,1-5H3. The number of rotatable bonds is 2. The minimum absolute atomic E-state index is 0.115. The molecule has 2 saturated heterocycles. The van der Waals surface area contributed by atoms with Crippen LogP contribution in [0.1, 0.15) is 40.5 Å². The fourth-order valence-electron chi connectivity index (χ4n) is 3.60. The van der Waals surface area contributed by atoms with Crippen molar-refractivity contribution in [3.63, 3.8) is 0 Å². The van der Waals surface area contributed by atoms with Gasteiger partial charge in [-0.1, -0.05) is 0 Å². The van der Waals surface area contributed by atoms with Crippen molar-refractivity contribution in [2.24, 2.45) is 0 Å². The molecule has 0 aromatic carbocycles. The third kappa shape index (κ3) is 2.78. The Balaban J connectivity index is 2.22. The summed E-state index contributed by atoms with van der Waals surface area (Å²) < 4.78 is 10.9. The summed E-state index contributed by atoms with van der Waals surface area (Å²) in [6.07, 6.45) is 0.823. The van der Waals surface area contributed by atoms with E-state index < -0.39 is 6.10 Å². The zero-order chi connectivity index (χ0) is 14.4. The summed E-state index contributed by atoms with van der Waals surface area (Å²) in [5.74, 6) is -0.267. The van der Waals surface area contributed by atoms with E-state index in [0.29, 0.717) is 13.0 Å². The van der Waals surface area contributed by atoms with Gasteiger partial charge in [0.2, 0.25) is 0 Å². The van der Waals surface area contributed by atoms with Gasteiger partial charge in [-0.15, -0.1) is 0 Å². The smallest absolute Gasteiger partial charge is 0.323 e. The first-order valence-corrected chi connectivity index (χ1v) is 6.88. The van der Waals surface area contributed by atoms with Gasteiger partial charge in [0.15, 0.2) is 0 Å². The van der Waals surface area contributed by atoms with Crippen LogP contribution in [0.4, 0.5) is 0 Å². The fourth-order valence-corrected chi connectivity index (χ4v) is 3.60. The molecule has 2 fully saturated rings. The van der Waals surface area contributed by atoms with E-state index in [0.717, 1.165) is 6.42 Å². The van der Waals surface area contributed by atoms with E-state index in [1.54, 1.807) is 0 Å². The molecular weight excluding hydrogens is 246 g/mol. The van der Waals surface area contributed by atoms with Gasteiger partial charge in [-0.3, -0.25) is 9.69 Å². The Morgan fingerprint density at radius 3 is 2.47 bits per heavy atom. The number of β-amino-alcohol motifs (C(OH)–C–C–N with tert-alkyl or cyclic N) is 1. The van der Waals surface area contributed by atoms with Crippen LogP contribution < -0.4 is 0 Å². The van der Waals surface area contributed by atoms with Crippen LogP contribution in [0.25, 0.3) is 0 Å². The number of hydrogen-bond acceptors (Lipinski definition) is 5. The normalized spacial score (nSPS) is 37.5. The molecule has 0 aliphatic carbocycles. The Labute approximate surface area is 114 Å². The number of methoxy groups -OCH3 is 1. The van der Waals surface area contributed by atoms with Gasteiger partial charge in [0, 0.05) is 19.0 Å². The third-order valence-electron chi connectivity index (χ3n) is 4.22. The van der Waals surface area contributed by atoms with Crippen LogP contribution in [-0.2, 0) is 14.3 Å². The number of likely N-dealkylation sites (tertiary alicyclic amines) is 1. The van der Waals surface area contributed by atoms with Crippen molar-refractivity contribution in [2.45, 2.75) is 69.9 Å². The topological polar surface area (TPSA) is 59.0 Å². The lowest BCUT2D eigenvalue weighted by Gasteiger charge is -2.36. The predicted octanol–water partition coefficient (Wildman–Crippen LogP) is 0.941. The van der Waals surface area contributed by atoms with Crippen LogP contribution in [0.15, 0.2) is 0 Å². The molecule has 0 spiro atoms. The number of hydrogen-bond donors (Lipinski definition) is 1. The molecule has 2 heterocycles. The van der Waals surface area contributed by atoms with Crippen molar-refractivity contribution >= 4 is 5.97 Å². The monoisotopic (exact) mass is 271 g/mol.